The summed E-state index contributed by atoms with van der Waals surface area (Å²) in [6, 6.07) is 5.14. The van der Waals surface area contributed by atoms with Crippen LogP contribution in [0.4, 0.5) is 18.0 Å². The van der Waals surface area contributed by atoms with Gasteiger partial charge in [-0.1, -0.05) is 12.1 Å². The summed E-state index contributed by atoms with van der Waals surface area (Å²) >= 11 is 0. The SMILES string of the molecule is CN=C(NCCc1ccc(C(F)(F)F)cc1)N1CCC(NC(=O)OC(C)(C)C)C1.I. The van der Waals surface area contributed by atoms with Crippen LogP contribution in [0.1, 0.15) is 38.3 Å². The number of hydrogen-bond donors (Lipinski definition) is 2. The van der Waals surface area contributed by atoms with Crippen molar-refractivity contribution in [1.29, 1.82) is 0 Å². The molecular formula is C20H30F3IN4O2. The molecule has 0 spiro atoms. The Bertz CT molecular complexity index is 718. The molecule has 1 aliphatic heterocycles. The van der Waals surface area contributed by atoms with Crippen molar-refractivity contribution in [3.8, 4) is 0 Å². The number of ether oxygens (including phenoxy) is 1. The van der Waals surface area contributed by atoms with E-state index in [1.807, 2.05) is 25.7 Å². The molecule has 1 saturated heterocycles. The van der Waals surface area contributed by atoms with Crippen LogP contribution in [-0.4, -0.2) is 55.3 Å². The minimum atomic E-state index is -4.32. The van der Waals surface area contributed by atoms with Gasteiger partial charge in [-0.15, -0.1) is 24.0 Å². The van der Waals surface area contributed by atoms with E-state index in [9.17, 15) is 18.0 Å². The molecule has 1 heterocycles. The molecule has 1 aromatic rings. The molecule has 1 fully saturated rings. The Morgan fingerprint density at radius 1 is 1.23 bits per heavy atom. The van der Waals surface area contributed by atoms with E-state index in [4.69, 9.17) is 4.74 Å². The lowest BCUT2D eigenvalue weighted by Crippen LogP contribution is -2.44. The highest BCUT2D eigenvalue weighted by Gasteiger charge is 2.30. The standard InChI is InChI=1S/C20H29F3N4O2.HI/c1-19(2,3)29-18(28)26-16-10-12-27(13-16)17(24-4)25-11-9-14-5-7-15(8-6-14)20(21,22)23;/h5-8,16H,9-13H2,1-4H3,(H,24,25)(H,26,28);1H. The molecule has 0 aromatic heterocycles. The third-order valence-electron chi connectivity index (χ3n) is 4.40. The molecule has 1 atom stereocenters. The average Bonchev–Trinajstić information content (AvgIpc) is 3.04. The summed E-state index contributed by atoms with van der Waals surface area (Å²) in [6.45, 7) is 7.33. The topological polar surface area (TPSA) is 66.0 Å². The summed E-state index contributed by atoms with van der Waals surface area (Å²) in [5, 5.41) is 6.09. The van der Waals surface area contributed by atoms with Crippen molar-refractivity contribution in [1.82, 2.24) is 15.5 Å². The number of carbonyl (C=O) groups is 1. The zero-order chi connectivity index (χ0) is 21.7. The number of halogens is 4. The molecule has 170 valence electrons. The Balaban J connectivity index is 0.00000450. The highest BCUT2D eigenvalue weighted by Crippen LogP contribution is 2.29. The number of carbonyl (C=O) groups excluding carboxylic acids is 1. The van der Waals surface area contributed by atoms with E-state index in [2.05, 4.69) is 15.6 Å². The van der Waals surface area contributed by atoms with E-state index in [1.165, 1.54) is 12.1 Å². The van der Waals surface area contributed by atoms with Gasteiger partial charge in [0.05, 0.1) is 11.6 Å². The number of guanidine groups is 1. The molecule has 2 rings (SSSR count). The smallest absolute Gasteiger partial charge is 0.416 e. The zero-order valence-corrected chi connectivity index (χ0v) is 20.0. The van der Waals surface area contributed by atoms with Gasteiger partial charge < -0.3 is 20.3 Å². The first-order chi connectivity index (χ1) is 13.5. The van der Waals surface area contributed by atoms with Gasteiger partial charge in [-0.2, -0.15) is 13.2 Å². The lowest BCUT2D eigenvalue weighted by molar-refractivity contribution is -0.137. The molecule has 0 saturated carbocycles. The normalized spacial score (nSPS) is 17.4. The minimum absolute atomic E-state index is 0. The maximum atomic E-state index is 12.6. The summed E-state index contributed by atoms with van der Waals surface area (Å²) < 4.78 is 43.1. The number of alkyl carbamates (subject to hydrolysis) is 1. The number of hydrogen-bond acceptors (Lipinski definition) is 3. The third kappa shape index (κ3) is 8.57. The maximum Gasteiger partial charge on any atom is 0.416 e. The van der Waals surface area contributed by atoms with Crippen LogP contribution in [0.5, 0.6) is 0 Å². The Kier molecular flexibility index (Phi) is 9.70. The molecule has 1 amide bonds. The largest absolute Gasteiger partial charge is 0.444 e. The number of nitrogens with zero attached hydrogens (tertiary/aromatic N) is 2. The van der Waals surface area contributed by atoms with Crippen LogP contribution in [0.25, 0.3) is 0 Å². The quantitative estimate of drug-likeness (QED) is 0.343. The summed E-state index contributed by atoms with van der Waals surface area (Å²) in [7, 11) is 1.68. The molecular weight excluding hydrogens is 512 g/mol. The predicted molar refractivity (Wildman–Crippen MR) is 121 cm³/mol. The van der Waals surface area contributed by atoms with Crippen molar-refractivity contribution in [2.45, 2.75) is 51.4 Å². The van der Waals surface area contributed by atoms with Gasteiger partial charge in [0.2, 0.25) is 0 Å². The van der Waals surface area contributed by atoms with Crippen molar-refractivity contribution in [3.63, 3.8) is 0 Å². The summed E-state index contributed by atoms with van der Waals surface area (Å²) in [6.07, 6.45) is -3.41. The fourth-order valence-corrected chi connectivity index (χ4v) is 3.06. The minimum Gasteiger partial charge on any atom is -0.444 e. The van der Waals surface area contributed by atoms with Gasteiger partial charge in [-0.25, -0.2) is 4.79 Å². The second kappa shape index (κ2) is 11.1. The summed E-state index contributed by atoms with van der Waals surface area (Å²) in [5.74, 6) is 0.699. The fraction of sp³-hybridized carbons (Fsp3) is 0.600. The molecule has 30 heavy (non-hydrogen) atoms. The number of aliphatic imine (C=N–C) groups is 1. The van der Waals surface area contributed by atoms with Crippen LogP contribution < -0.4 is 10.6 Å². The van der Waals surface area contributed by atoms with E-state index in [-0.39, 0.29) is 30.0 Å². The lowest BCUT2D eigenvalue weighted by atomic mass is 10.1. The van der Waals surface area contributed by atoms with Crippen LogP contribution >= 0.6 is 24.0 Å². The number of alkyl halides is 3. The first-order valence-electron chi connectivity index (χ1n) is 9.59. The Morgan fingerprint density at radius 2 is 1.87 bits per heavy atom. The van der Waals surface area contributed by atoms with Gasteiger partial charge in [0, 0.05) is 26.7 Å². The molecule has 1 unspecified atom stereocenters. The Labute approximate surface area is 192 Å². The van der Waals surface area contributed by atoms with Gasteiger partial charge in [0.15, 0.2) is 5.96 Å². The van der Waals surface area contributed by atoms with Gasteiger partial charge in [-0.05, 0) is 51.3 Å². The Morgan fingerprint density at radius 3 is 2.40 bits per heavy atom. The lowest BCUT2D eigenvalue weighted by Gasteiger charge is -2.23. The highest BCUT2D eigenvalue weighted by atomic mass is 127. The first-order valence-corrected chi connectivity index (χ1v) is 9.59. The van der Waals surface area contributed by atoms with Crippen molar-refractivity contribution in [3.05, 3.63) is 35.4 Å². The van der Waals surface area contributed by atoms with Crippen LogP contribution in [-0.2, 0) is 17.3 Å². The number of likely N-dealkylation sites (tertiary alicyclic amines) is 1. The molecule has 0 bridgehead atoms. The van der Waals surface area contributed by atoms with Gasteiger partial charge in [0.1, 0.15) is 5.60 Å². The number of benzene rings is 1. The average molecular weight is 542 g/mol. The molecule has 0 radical (unpaired) electrons. The molecule has 2 N–H and O–H groups in total. The van der Waals surface area contributed by atoms with Crippen LogP contribution in [0.2, 0.25) is 0 Å². The molecule has 1 aliphatic rings. The third-order valence-corrected chi connectivity index (χ3v) is 4.40. The van der Waals surface area contributed by atoms with E-state index >= 15 is 0 Å². The van der Waals surface area contributed by atoms with Gasteiger partial charge in [0.25, 0.3) is 0 Å². The van der Waals surface area contributed by atoms with Crippen LogP contribution in [0, 0.1) is 0 Å². The van der Waals surface area contributed by atoms with Crippen LogP contribution in [0.15, 0.2) is 29.3 Å². The summed E-state index contributed by atoms with van der Waals surface area (Å²) in [5.41, 5.74) is -0.379. The molecule has 1 aromatic carbocycles. The second-order valence-electron chi connectivity index (χ2n) is 8.00. The van der Waals surface area contributed by atoms with E-state index < -0.39 is 23.4 Å². The van der Waals surface area contributed by atoms with Crippen molar-refractivity contribution in [2.24, 2.45) is 4.99 Å². The monoisotopic (exact) mass is 542 g/mol. The van der Waals surface area contributed by atoms with Crippen LogP contribution in [0.3, 0.4) is 0 Å². The first kappa shape index (κ1) is 26.3. The predicted octanol–water partition coefficient (Wildman–Crippen LogP) is 4.04. The number of amides is 1. The van der Waals surface area contributed by atoms with Crippen molar-refractivity contribution < 1.29 is 22.7 Å². The van der Waals surface area contributed by atoms with Gasteiger partial charge >= 0.3 is 12.3 Å². The highest BCUT2D eigenvalue weighted by molar-refractivity contribution is 14.0. The fourth-order valence-electron chi connectivity index (χ4n) is 3.06. The number of nitrogens with one attached hydrogen (secondary N) is 2. The zero-order valence-electron chi connectivity index (χ0n) is 17.7. The second-order valence-corrected chi connectivity index (χ2v) is 8.00. The van der Waals surface area contributed by atoms with E-state index in [0.717, 1.165) is 30.7 Å². The van der Waals surface area contributed by atoms with E-state index in [1.54, 1.807) is 7.05 Å². The molecule has 10 heteroatoms. The maximum absolute atomic E-state index is 12.6. The van der Waals surface area contributed by atoms with E-state index in [0.29, 0.717) is 25.5 Å². The summed E-state index contributed by atoms with van der Waals surface area (Å²) in [4.78, 5) is 18.2. The Hall–Kier alpha value is -1.72. The van der Waals surface area contributed by atoms with Crippen molar-refractivity contribution in [2.75, 3.05) is 26.7 Å². The molecule has 0 aliphatic carbocycles. The molecule has 6 nitrogen and oxygen atoms in total. The van der Waals surface area contributed by atoms with Crippen molar-refractivity contribution >= 4 is 36.0 Å². The van der Waals surface area contributed by atoms with Gasteiger partial charge in [-0.3, -0.25) is 4.99 Å². The number of rotatable bonds is 4.